The standard InChI is InChI=1S/C21H19N3O3S2/c1-26-17-10-9-15(12-18(17)27-2)16-13-29-21(22-16)24-20(28)23-19(25)11-8-14-6-4-3-5-7-14/h3-13H,1-2H3,(H2,22,23,24,25,28). The molecule has 0 radical (unpaired) electrons. The largest absolute Gasteiger partial charge is 0.493 e. The van der Waals surface area contributed by atoms with Crippen molar-refractivity contribution in [3.8, 4) is 22.8 Å². The highest BCUT2D eigenvalue weighted by Gasteiger charge is 2.10. The molecule has 2 aromatic carbocycles. The second-order valence-electron chi connectivity index (χ2n) is 5.80. The molecule has 8 heteroatoms. The molecular weight excluding hydrogens is 406 g/mol. The third-order valence-electron chi connectivity index (χ3n) is 3.87. The van der Waals surface area contributed by atoms with Crippen LogP contribution < -0.4 is 20.1 Å². The Hall–Kier alpha value is -3.23. The van der Waals surface area contributed by atoms with Crippen LogP contribution in [0.5, 0.6) is 11.5 Å². The van der Waals surface area contributed by atoms with E-state index in [4.69, 9.17) is 21.7 Å². The average molecular weight is 426 g/mol. The fourth-order valence-electron chi connectivity index (χ4n) is 2.48. The number of carbonyl (C=O) groups excluding carboxylic acids is 1. The summed E-state index contributed by atoms with van der Waals surface area (Å²) in [5.41, 5.74) is 2.57. The fraction of sp³-hybridized carbons (Fsp3) is 0.0952. The zero-order valence-corrected chi connectivity index (χ0v) is 17.5. The molecule has 0 aliphatic rings. The number of rotatable bonds is 6. The second kappa shape index (κ2) is 9.81. The van der Waals surface area contributed by atoms with Crippen molar-refractivity contribution >= 4 is 45.8 Å². The molecule has 0 saturated carbocycles. The van der Waals surface area contributed by atoms with Crippen molar-refractivity contribution in [2.45, 2.75) is 0 Å². The van der Waals surface area contributed by atoms with Crippen molar-refractivity contribution in [3.05, 3.63) is 65.6 Å². The molecule has 0 bridgehead atoms. The summed E-state index contributed by atoms with van der Waals surface area (Å²) < 4.78 is 10.6. The minimum Gasteiger partial charge on any atom is -0.493 e. The summed E-state index contributed by atoms with van der Waals surface area (Å²) >= 11 is 6.58. The van der Waals surface area contributed by atoms with Crippen molar-refractivity contribution < 1.29 is 14.3 Å². The SMILES string of the molecule is COc1ccc(-c2csc(NC(=S)NC(=O)C=Cc3ccccc3)n2)cc1OC. The highest BCUT2D eigenvalue weighted by atomic mass is 32.1. The molecule has 0 aliphatic carbocycles. The van der Waals surface area contributed by atoms with Crippen LogP contribution in [0.2, 0.25) is 0 Å². The number of nitrogens with zero attached hydrogens (tertiary/aromatic N) is 1. The smallest absolute Gasteiger partial charge is 0.250 e. The van der Waals surface area contributed by atoms with Crippen molar-refractivity contribution in [3.63, 3.8) is 0 Å². The summed E-state index contributed by atoms with van der Waals surface area (Å²) in [6.45, 7) is 0. The number of methoxy groups -OCH3 is 2. The molecule has 1 amide bonds. The van der Waals surface area contributed by atoms with E-state index in [1.54, 1.807) is 20.3 Å². The van der Waals surface area contributed by atoms with Gasteiger partial charge in [0.25, 0.3) is 0 Å². The van der Waals surface area contributed by atoms with Gasteiger partial charge in [0, 0.05) is 17.0 Å². The van der Waals surface area contributed by atoms with E-state index >= 15 is 0 Å². The van der Waals surface area contributed by atoms with Crippen LogP contribution in [0, 0.1) is 0 Å². The van der Waals surface area contributed by atoms with Gasteiger partial charge in [0.2, 0.25) is 5.91 Å². The topological polar surface area (TPSA) is 72.5 Å². The second-order valence-corrected chi connectivity index (χ2v) is 7.06. The van der Waals surface area contributed by atoms with Gasteiger partial charge in [-0.2, -0.15) is 0 Å². The minimum absolute atomic E-state index is 0.181. The Balaban J connectivity index is 1.60. The van der Waals surface area contributed by atoms with Gasteiger partial charge in [-0.05, 0) is 42.1 Å². The van der Waals surface area contributed by atoms with E-state index in [9.17, 15) is 4.79 Å². The van der Waals surface area contributed by atoms with E-state index in [1.807, 2.05) is 53.9 Å². The predicted octanol–water partition coefficient (Wildman–Crippen LogP) is 4.35. The Kier molecular flexibility index (Phi) is 6.94. The summed E-state index contributed by atoms with van der Waals surface area (Å²) in [7, 11) is 3.18. The molecule has 0 fully saturated rings. The number of carbonyl (C=O) groups is 1. The van der Waals surface area contributed by atoms with Crippen molar-refractivity contribution in [1.29, 1.82) is 0 Å². The highest BCUT2D eigenvalue weighted by molar-refractivity contribution is 7.80. The van der Waals surface area contributed by atoms with Crippen molar-refractivity contribution in [2.75, 3.05) is 19.5 Å². The van der Waals surface area contributed by atoms with Crippen LogP contribution in [0.25, 0.3) is 17.3 Å². The quantitative estimate of drug-likeness (QED) is 0.452. The van der Waals surface area contributed by atoms with Crippen LogP contribution in [0.1, 0.15) is 5.56 Å². The van der Waals surface area contributed by atoms with Gasteiger partial charge in [-0.1, -0.05) is 30.3 Å². The maximum absolute atomic E-state index is 12.0. The average Bonchev–Trinajstić information content (AvgIpc) is 3.20. The van der Waals surface area contributed by atoms with Gasteiger partial charge >= 0.3 is 0 Å². The Bertz CT molecular complexity index is 1030. The maximum Gasteiger partial charge on any atom is 0.250 e. The molecule has 148 valence electrons. The van der Waals surface area contributed by atoms with Gasteiger partial charge in [-0.25, -0.2) is 4.98 Å². The molecule has 3 aromatic rings. The zero-order valence-electron chi connectivity index (χ0n) is 15.8. The minimum atomic E-state index is -0.317. The normalized spacial score (nSPS) is 10.6. The first-order valence-electron chi connectivity index (χ1n) is 8.62. The van der Waals surface area contributed by atoms with E-state index in [0.29, 0.717) is 16.6 Å². The number of hydrogen-bond acceptors (Lipinski definition) is 6. The van der Waals surface area contributed by atoms with Gasteiger partial charge in [-0.15, -0.1) is 11.3 Å². The summed E-state index contributed by atoms with van der Waals surface area (Å²) in [5, 5.41) is 8.18. The fourth-order valence-corrected chi connectivity index (χ4v) is 3.46. The first-order valence-corrected chi connectivity index (χ1v) is 9.91. The van der Waals surface area contributed by atoms with Crippen LogP contribution >= 0.6 is 23.6 Å². The monoisotopic (exact) mass is 425 g/mol. The number of aromatic nitrogens is 1. The Labute approximate surface area is 178 Å². The lowest BCUT2D eigenvalue weighted by atomic mass is 10.1. The molecule has 1 aromatic heterocycles. The molecule has 29 heavy (non-hydrogen) atoms. The molecule has 0 aliphatic heterocycles. The molecule has 3 rings (SSSR count). The number of anilines is 1. The van der Waals surface area contributed by atoms with Gasteiger partial charge in [-0.3, -0.25) is 10.1 Å². The molecule has 0 spiro atoms. The zero-order chi connectivity index (χ0) is 20.6. The molecule has 1 heterocycles. The van der Waals surface area contributed by atoms with E-state index in [-0.39, 0.29) is 11.0 Å². The number of thiocarbonyl (C=S) groups is 1. The first kappa shape index (κ1) is 20.5. The Morgan fingerprint density at radius 1 is 1.10 bits per heavy atom. The van der Waals surface area contributed by atoms with E-state index < -0.39 is 0 Å². The Morgan fingerprint density at radius 2 is 1.86 bits per heavy atom. The van der Waals surface area contributed by atoms with Crippen LogP contribution in [-0.4, -0.2) is 30.2 Å². The number of hydrogen-bond donors (Lipinski definition) is 2. The summed E-state index contributed by atoms with van der Waals surface area (Å²) in [4.78, 5) is 16.5. The third-order valence-corrected chi connectivity index (χ3v) is 4.83. The van der Waals surface area contributed by atoms with Gasteiger partial charge < -0.3 is 14.8 Å². The molecule has 0 saturated heterocycles. The van der Waals surface area contributed by atoms with Crippen LogP contribution in [0.15, 0.2) is 60.0 Å². The lowest BCUT2D eigenvalue weighted by Gasteiger charge is -2.08. The van der Waals surface area contributed by atoms with Gasteiger partial charge in [0.05, 0.1) is 19.9 Å². The molecule has 0 atom stereocenters. The number of thiazole rings is 1. The molecule has 0 unspecified atom stereocenters. The number of ether oxygens (including phenoxy) is 2. The molecule has 6 nitrogen and oxygen atoms in total. The van der Waals surface area contributed by atoms with E-state index in [0.717, 1.165) is 16.8 Å². The first-order chi connectivity index (χ1) is 14.1. The number of nitrogens with one attached hydrogen (secondary N) is 2. The molecule has 2 N–H and O–H groups in total. The lowest BCUT2D eigenvalue weighted by Crippen LogP contribution is -2.32. The summed E-state index contributed by atoms with van der Waals surface area (Å²) in [5.74, 6) is 0.959. The van der Waals surface area contributed by atoms with Crippen LogP contribution in [0.4, 0.5) is 5.13 Å². The van der Waals surface area contributed by atoms with E-state index in [2.05, 4.69) is 15.6 Å². The Morgan fingerprint density at radius 3 is 2.59 bits per heavy atom. The lowest BCUT2D eigenvalue weighted by molar-refractivity contribution is -0.115. The van der Waals surface area contributed by atoms with Gasteiger partial charge in [0.1, 0.15) is 0 Å². The number of amides is 1. The summed E-state index contributed by atoms with van der Waals surface area (Å²) in [6, 6.07) is 15.1. The number of benzene rings is 2. The summed E-state index contributed by atoms with van der Waals surface area (Å²) in [6.07, 6.45) is 3.15. The van der Waals surface area contributed by atoms with Crippen molar-refractivity contribution in [2.24, 2.45) is 0 Å². The highest BCUT2D eigenvalue weighted by Crippen LogP contribution is 2.33. The van der Waals surface area contributed by atoms with E-state index in [1.165, 1.54) is 17.4 Å². The maximum atomic E-state index is 12.0. The van der Waals surface area contributed by atoms with Crippen molar-refractivity contribution in [1.82, 2.24) is 10.3 Å². The van der Waals surface area contributed by atoms with Crippen LogP contribution in [-0.2, 0) is 4.79 Å². The molecular formula is C21H19N3O3S2. The van der Waals surface area contributed by atoms with Gasteiger partial charge in [0.15, 0.2) is 21.7 Å². The van der Waals surface area contributed by atoms with Crippen LogP contribution in [0.3, 0.4) is 0 Å². The third kappa shape index (κ3) is 5.63. The predicted molar refractivity (Wildman–Crippen MR) is 120 cm³/mol.